The number of phenolic OH excluding ortho intramolecular Hbond substituents is 1. The van der Waals surface area contributed by atoms with Gasteiger partial charge in [-0.2, -0.15) is 5.26 Å². The van der Waals surface area contributed by atoms with Gasteiger partial charge < -0.3 is 25.6 Å². The van der Waals surface area contributed by atoms with Crippen LogP contribution in [0.15, 0.2) is 78.9 Å². The first-order valence-electron chi connectivity index (χ1n) is 11.2. The highest BCUT2D eigenvalue weighted by atomic mass is 127. The number of benzene rings is 3. The summed E-state index contributed by atoms with van der Waals surface area (Å²) in [5.41, 5.74) is 7.92. The summed E-state index contributed by atoms with van der Waals surface area (Å²) in [7, 11) is 0. The number of amides is 2. The number of hydrogen-bond donors (Lipinski definition) is 4. The quantitative estimate of drug-likeness (QED) is 0.145. The number of para-hydroxylation sites is 2. The Morgan fingerprint density at radius 3 is 2.54 bits per heavy atom. The van der Waals surface area contributed by atoms with E-state index in [2.05, 4.69) is 33.2 Å². The SMILES string of the molecule is CCO[C@@H](/C=C/C(=O)Nc1ccccc1N)[C@@H](OC(=O)Nc1ccc(C#N)cc1)c1cc(I)ccc1O. The fraction of sp³-hybridized carbons (Fsp3) is 0.148. The molecule has 0 saturated carbocycles. The Balaban J connectivity index is 1.86. The monoisotopic (exact) mass is 612 g/mol. The molecule has 0 fully saturated rings. The second kappa shape index (κ2) is 13.3. The number of aromatic hydroxyl groups is 1. The molecule has 2 atom stereocenters. The minimum absolute atomic E-state index is 0.101. The number of nitriles is 1. The third-order valence-electron chi connectivity index (χ3n) is 5.10. The highest BCUT2D eigenvalue weighted by molar-refractivity contribution is 14.1. The number of nitrogen functional groups attached to an aromatic ring is 1. The van der Waals surface area contributed by atoms with Crippen molar-refractivity contribution in [3.63, 3.8) is 0 Å². The Labute approximate surface area is 228 Å². The molecule has 10 heteroatoms. The van der Waals surface area contributed by atoms with Crippen LogP contribution >= 0.6 is 22.6 Å². The molecule has 0 aliphatic rings. The topological polar surface area (TPSA) is 147 Å². The third-order valence-corrected chi connectivity index (χ3v) is 5.77. The van der Waals surface area contributed by atoms with E-state index in [1.807, 2.05) is 6.07 Å². The molecular formula is C27H25IN4O5. The molecule has 3 rings (SSSR count). The highest BCUT2D eigenvalue weighted by Gasteiger charge is 2.29. The molecule has 0 aliphatic carbocycles. The lowest BCUT2D eigenvalue weighted by Crippen LogP contribution is -2.28. The van der Waals surface area contributed by atoms with Gasteiger partial charge >= 0.3 is 6.09 Å². The van der Waals surface area contributed by atoms with Crippen LogP contribution in [0.25, 0.3) is 0 Å². The predicted octanol–water partition coefficient (Wildman–Crippen LogP) is 5.34. The molecule has 9 nitrogen and oxygen atoms in total. The largest absolute Gasteiger partial charge is 0.508 e. The van der Waals surface area contributed by atoms with Crippen LogP contribution in [-0.2, 0) is 14.3 Å². The Morgan fingerprint density at radius 2 is 1.86 bits per heavy atom. The number of nitrogens with two attached hydrogens (primary N) is 1. The number of anilines is 3. The number of nitrogens with one attached hydrogen (secondary N) is 2. The molecule has 0 aliphatic heterocycles. The van der Waals surface area contributed by atoms with Gasteiger partial charge in [0.25, 0.3) is 0 Å². The van der Waals surface area contributed by atoms with Gasteiger partial charge in [-0.05, 0) is 90.2 Å². The molecule has 0 saturated heterocycles. The summed E-state index contributed by atoms with van der Waals surface area (Å²) in [6.07, 6.45) is -0.116. The predicted molar refractivity (Wildman–Crippen MR) is 149 cm³/mol. The van der Waals surface area contributed by atoms with Gasteiger partial charge in [0.2, 0.25) is 5.91 Å². The van der Waals surface area contributed by atoms with Gasteiger partial charge in [0.15, 0.2) is 6.10 Å². The fourth-order valence-corrected chi connectivity index (χ4v) is 3.87. The molecule has 0 bridgehead atoms. The summed E-state index contributed by atoms with van der Waals surface area (Å²) in [6, 6.07) is 20.0. The van der Waals surface area contributed by atoms with Crippen LogP contribution < -0.4 is 16.4 Å². The fourth-order valence-electron chi connectivity index (χ4n) is 3.36. The molecule has 190 valence electrons. The van der Waals surface area contributed by atoms with Crippen LogP contribution in [0.2, 0.25) is 0 Å². The third kappa shape index (κ3) is 7.96. The van der Waals surface area contributed by atoms with Gasteiger partial charge in [0.1, 0.15) is 11.9 Å². The zero-order valence-corrected chi connectivity index (χ0v) is 22.0. The summed E-state index contributed by atoms with van der Waals surface area (Å²) in [6.45, 7) is 2.00. The zero-order valence-electron chi connectivity index (χ0n) is 19.9. The van der Waals surface area contributed by atoms with Crippen molar-refractivity contribution in [2.24, 2.45) is 0 Å². The highest BCUT2D eigenvalue weighted by Crippen LogP contribution is 2.33. The van der Waals surface area contributed by atoms with Crippen molar-refractivity contribution in [3.05, 3.63) is 93.6 Å². The van der Waals surface area contributed by atoms with Gasteiger partial charge in [-0.25, -0.2) is 4.79 Å². The van der Waals surface area contributed by atoms with E-state index in [0.717, 1.165) is 3.57 Å². The standard InChI is InChI=1S/C27H25IN4O5/c1-2-36-24(13-14-25(34)32-22-6-4-3-5-21(22)30)26(20-15-18(28)9-12-23(20)33)37-27(35)31-19-10-7-17(16-29)8-11-19/h3-15,24,26,33H,2,30H2,1H3,(H,31,35)(H,32,34)/b14-13+/t24-,26-/m0/s1. The Morgan fingerprint density at radius 1 is 1.14 bits per heavy atom. The number of rotatable bonds is 9. The normalized spacial score (nSPS) is 12.4. The maximum atomic E-state index is 12.8. The molecule has 37 heavy (non-hydrogen) atoms. The summed E-state index contributed by atoms with van der Waals surface area (Å²) in [5.74, 6) is -0.563. The second-order valence-corrected chi connectivity index (χ2v) is 8.94. The average molecular weight is 612 g/mol. The van der Waals surface area contributed by atoms with Gasteiger partial charge in [-0.15, -0.1) is 0 Å². The number of carbonyl (C=O) groups excluding carboxylic acids is 2. The van der Waals surface area contributed by atoms with Crippen LogP contribution in [0.5, 0.6) is 5.75 Å². The van der Waals surface area contributed by atoms with Gasteiger partial charge in [0, 0.05) is 27.5 Å². The maximum absolute atomic E-state index is 12.8. The number of halogens is 1. The van der Waals surface area contributed by atoms with Gasteiger partial charge in [-0.1, -0.05) is 12.1 Å². The van der Waals surface area contributed by atoms with Crippen LogP contribution in [-0.4, -0.2) is 29.8 Å². The molecule has 0 unspecified atom stereocenters. The maximum Gasteiger partial charge on any atom is 0.412 e. The number of hydrogen-bond acceptors (Lipinski definition) is 7. The van der Waals surface area contributed by atoms with E-state index in [4.69, 9.17) is 20.5 Å². The minimum atomic E-state index is -1.10. The summed E-state index contributed by atoms with van der Waals surface area (Å²) < 4.78 is 12.3. The Kier molecular flexibility index (Phi) is 9.88. The summed E-state index contributed by atoms with van der Waals surface area (Å²) in [5, 5.41) is 24.8. The van der Waals surface area contributed by atoms with E-state index in [0.29, 0.717) is 28.2 Å². The van der Waals surface area contributed by atoms with Crippen molar-refractivity contribution < 1.29 is 24.2 Å². The smallest absolute Gasteiger partial charge is 0.412 e. The van der Waals surface area contributed by atoms with E-state index >= 15 is 0 Å². The molecular weight excluding hydrogens is 587 g/mol. The first kappa shape index (κ1) is 27.5. The molecule has 0 heterocycles. The van der Waals surface area contributed by atoms with Crippen LogP contribution in [0.1, 0.15) is 24.2 Å². The van der Waals surface area contributed by atoms with Crippen molar-refractivity contribution in [1.29, 1.82) is 5.26 Å². The van der Waals surface area contributed by atoms with E-state index in [1.165, 1.54) is 18.2 Å². The number of phenols is 1. The first-order valence-corrected chi connectivity index (χ1v) is 12.3. The van der Waals surface area contributed by atoms with Crippen molar-refractivity contribution in [3.8, 4) is 11.8 Å². The first-order chi connectivity index (χ1) is 17.8. The molecule has 0 spiro atoms. The second-order valence-electron chi connectivity index (χ2n) is 7.70. The Bertz CT molecular complexity index is 1320. The molecule has 5 N–H and O–H groups in total. The lowest BCUT2D eigenvalue weighted by Gasteiger charge is -2.26. The van der Waals surface area contributed by atoms with E-state index < -0.39 is 24.2 Å². The van der Waals surface area contributed by atoms with Crippen molar-refractivity contribution in [2.75, 3.05) is 23.0 Å². The van der Waals surface area contributed by atoms with E-state index in [9.17, 15) is 14.7 Å². The number of ether oxygens (including phenoxy) is 2. The van der Waals surface area contributed by atoms with E-state index in [1.54, 1.807) is 67.6 Å². The van der Waals surface area contributed by atoms with E-state index in [-0.39, 0.29) is 12.4 Å². The summed E-state index contributed by atoms with van der Waals surface area (Å²) in [4.78, 5) is 25.4. The van der Waals surface area contributed by atoms with Crippen LogP contribution in [0.4, 0.5) is 21.9 Å². The summed E-state index contributed by atoms with van der Waals surface area (Å²) >= 11 is 2.08. The van der Waals surface area contributed by atoms with Gasteiger partial charge in [0.05, 0.1) is 23.0 Å². The molecule has 3 aromatic carbocycles. The number of nitrogens with zero attached hydrogens (tertiary/aromatic N) is 1. The van der Waals surface area contributed by atoms with Gasteiger partial charge in [-0.3, -0.25) is 10.1 Å². The lowest BCUT2D eigenvalue weighted by molar-refractivity contribution is -0.112. The molecule has 2 amide bonds. The molecule has 0 aromatic heterocycles. The van der Waals surface area contributed by atoms with Crippen molar-refractivity contribution in [2.45, 2.75) is 19.1 Å². The Hall–Kier alpha value is -4.08. The van der Waals surface area contributed by atoms with Crippen LogP contribution in [0, 0.1) is 14.9 Å². The van der Waals surface area contributed by atoms with Crippen molar-refractivity contribution in [1.82, 2.24) is 0 Å². The molecule has 3 aromatic rings. The molecule has 0 radical (unpaired) electrons. The number of carbonyl (C=O) groups is 2. The van der Waals surface area contributed by atoms with Crippen LogP contribution in [0.3, 0.4) is 0 Å². The zero-order chi connectivity index (χ0) is 26.8. The van der Waals surface area contributed by atoms with Crippen molar-refractivity contribution >= 4 is 51.7 Å². The minimum Gasteiger partial charge on any atom is -0.508 e. The lowest BCUT2D eigenvalue weighted by atomic mass is 10.0. The average Bonchev–Trinajstić information content (AvgIpc) is 2.88.